The van der Waals surface area contributed by atoms with Crippen molar-refractivity contribution < 1.29 is 0 Å². The van der Waals surface area contributed by atoms with E-state index >= 15 is 0 Å². The van der Waals surface area contributed by atoms with Gasteiger partial charge in [0.1, 0.15) is 0 Å². The van der Waals surface area contributed by atoms with Gasteiger partial charge in [0.2, 0.25) is 5.95 Å². The van der Waals surface area contributed by atoms with Gasteiger partial charge in [-0.15, -0.1) is 0 Å². The Hall–Kier alpha value is -7.87. The van der Waals surface area contributed by atoms with Gasteiger partial charge in [0.25, 0.3) is 0 Å². The van der Waals surface area contributed by atoms with Crippen LogP contribution in [0.4, 0.5) is 0 Å². The highest BCUT2D eigenvalue weighted by Crippen LogP contribution is 2.49. The summed E-state index contributed by atoms with van der Waals surface area (Å²) < 4.78 is 2.23. The molecule has 2 heterocycles. The number of rotatable bonds is 4. The van der Waals surface area contributed by atoms with E-state index < -0.39 is 0 Å². The molecule has 12 rings (SSSR count). The molecule has 0 unspecified atom stereocenters. The van der Waals surface area contributed by atoms with E-state index in [9.17, 15) is 5.26 Å². The first kappa shape index (κ1) is 34.2. The molecule has 4 nitrogen and oxygen atoms in total. The van der Waals surface area contributed by atoms with E-state index in [-0.39, 0.29) is 5.41 Å². The first-order valence-corrected chi connectivity index (χ1v) is 20.4. The van der Waals surface area contributed by atoms with E-state index in [1.807, 2.05) is 24.3 Å². The summed E-state index contributed by atoms with van der Waals surface area (Å²) in [6.45, 7) is 4.64. The molecule has 9 aromatic carbocycles. The second-order valence-electron chi connectivity index (χ2n) is 16.6. The Bertz CT molecular complexity index is 3640. The molecule has 60 heavy (non-hydrogen) atoms. The van der Waals surface area contributed by atoms with Gasteiger partial charge in [-0.2, -0.15) is 5.26 Å². The zero-order chi connectivity index (χ0) is 40.1. The van der Waals surface area contributed by atoms with E-state index in [2.05, 4.69) is 182 Å². The summed E-state index contributed by atoms with van der Waals surface area (Å²) in [6.07, 6.45) is 0. The molecule has 0 atom stereocenters. The summed E-state index contributed by atoms with van der Waals surface area (Å²) in [5.41, 5.74) is 15.1. The third-order valence-electron chi connectivity index (χ3n) is 12.8. The van der Waals surface area contributed by atoms with Crippen molar-refractivity contribution in [2.45, 2.75) is 19.3 Å². The fraction of sp³-hybridized carbons (Fsp3) is 0.0536. The third kappa shape index (κ3) is 5.16. The Balaban J connectivity index is 1.10. The summed E-state index contributed by atoms with van der Waals surface area (Å²) in [7, 11) is 0. The highest BCUT2D eigenvalue weighted by atomic mass is 15.2. The lowest BCUT2D eigenvalue weighted by atomic mass is 9.82. The molecule has 4 heteroatoms. The van der Waals surface area contributed by atoms with Crippen LogP contribution in [-0.4, -0.2) is 14.5 Å². The number of aromatic nitrogens is 3. The average Bonchev–Trinajstić information content (AvgIpc) is 3.74. The largest absolute Gasteiger partial charge is 0.278 e. The van der Waals surface area contributed by atoms with Crippen molar-refractivity contribution in [1.82, 2.24) is 14.5 Å². The topological polar surface area (TPSA) is 54.5 Å². The molecule has 0 N–H and O–H groups in total. The molecule has 2 aromatic heterocycles. The van der Waals surface area contributed by atoms with Gasteiger partial charge >= 0.3 is 0 Å². The number of nitriles is 1. The first-order chi connectivity index (χ1) is 29.4. The monoisotopic (exact) mass is 764 g/mol. The van der Waals surface area contributed by atoms with Gasteiger partial charge in [-0.25, -0.2) is 9.97 Å². The van der Waals surface area contributed by atoms with Crippen molar-refractivity contribution >= 4 is 54.3 Å². The average molecular weight is 765 g/mol. The third-order valence-corrected chi connectivity index (χ3v) is 12.8. The maximum Gasteiger partial charge on any atom is 0.235 e. The Morgan fingerprint density at radius 3 is 1.87 bits per heavy atom. The zero-order valence-corrected chi connectivity index (χ0v) is 33.1. The molecular weight excluding hydrogens is 729 g/mol. The smallest absolute Gasteiger partial charge is 0.235 e. The van der Waals surface area contributed by atoms with E-state index in [1.165, 1.54) is 44.0 Å². The van der Waals surface area contributed by atoms with Crippen LogP contribution in [0.2, 0.25) is 0 Å². The number of hydrogen-bond acceptors (Lipinski definition) is 3. The number of hydrogen-bond donors (Lipinski definition) is 0. The van der Waals surface area contributed by atoms with Crippen LogP contribution < -0.4 is 0 Å². The molecule has 1 aliphatic rings. The highest BCUT2D eigenvalue weighted by molar-refractivity contribution is 6.14. The SMILES string of the molecule is CC1(C)c2ccccc2-c2cc(-c3ccc4c(-c5ccc(C#N)cc5)nc(-n5c6ccc(-c7ccc8ccccc8c7)cc6c6cc7ccccc7cc65)nc4c3)ccc21. The van der Waals surface area contributed by atoms with Crippen LogP contribution in [0.25, 0.3) is 105 Å². The highest BCUT2D eigenvalue weighted by Gasteiger charge is 2.35. The Morgan fingerprint density at radius 1 is 0.450 bits per heavy atom. The molecule has 0 fully saturated rings. The quantitative estimate of drug-likeness (QED) is 0.179. The predicted octanol–water partition coefficient (Wildman–Crippen LogP) is 14.2. The summed E-state index contributed by atoms with van der Waals surface area (Å²) in [6, 6.07) is 67.3. The van der Waals surface area contributed by atoms with Crippen molar-refractivity contribution in [3.8, 4) is 56.7 Å². The molecule has 0 amide bonds. The Labute approximate surface area is 347 Å². The standard InChI is InChI=1S/C56H36N4/c1-56(2)49-14-8-7-13-44(49)46-28-41(22-25-50(46)56)43-21-24-45-51(31-43)58-55(59-54(45)36-17-15-34(33-57)16-18-36)60-52-26-23-42(40-20-19-35-9-3-4-10-37(35)27-40)30-47(52)48-29-38-11-5-6-12-39(38)32-53(48)60/h3-32H,1-2H3. The second-order valence-corrected chi connectivity index (χ2v) is 16.6. The van der Waals surface area contributed by atoms with Gasteiger partial charge in [-0.05, 0) is 127 Å². The fourth-order valence-corrected chi connectivity index (χ4v) is 9.69. The van der Waals surface area contributed by atoms with E-state index in [0.29, 0.717) is 11.5 Å². The van der Waals surface area contributed by atoms with Gasteiger partial charge in [0.15, 0.2) is 0 Å². The summed E-state index contributed by atoms with van der Waals surface area (Å²) >= 11 is 0. The maximum absolute atomic E-state index is 9.66. The van der Waals surface area contributed by atoms with Gasteiger partial charge in [-0.3, -0.25) is 4.57 Å². The minimum Gasteiger partial charge on any atom is -0.278 e. The lowest BCUT2D eigenvalue weighted by molar-refractivity contribution is 0.660. The van der Waals surface area contributed by atoms with Crippen LogP contribution in [0.5, 0.6) is 0 Å². The van der Waals surface area contributed by atoms with Crippen LogP contribution in [-0.2, 0) is 5.41 Å². The van der Waals surface area contributed by atoms with Crippen LogP contribution in [0.3, 0.4) is 0 Å². The lowest BCUT2D eigenvalue weighted by Gasteiger charge is -2.21. The molecule has 0 saturated carbocycles. The molecule has 1 aliphatic carbocycles. The summed E-state index contributed by atoms with van der Waals surface area (Å²) in [5, 5.41) is 17.7. The van der Waals surface area contributed by atoms with Crippen LogP contribution in [0, 0.1) is 11.3 Å². The van der Waals surface area contributed by atoms with Crippen molar-refractivity contribution in [2.75, 3.05) is 0 Å². The van der Waals surface area contributed by atoms with Crippen molar-refractivity contribution in [1.29, 1.82) is 5.26 Å². The molecule has 0 spiro atoms. The second kappa shape index (κ2) is 12.8. The molecule has 0 saturated heterocycles. The molecule has 0 radical (unpaired) electrons. The van der Waals surface area contributed by atoms with Crippen molar-refractivity contribution in [3.63, 3.8) is 0 Å². The Morgan fingerprint density at radius 2 is 1.05 bits per heavy atom. The lowest BCUT2D eigenvalue weighted by Crippen LogP contribution is -2.14. The predicted molar refractivity (Wildman–Crippen MR) is 247 cm³/mol. The van der Waals surface area contributed by atoms with E-state index in [1.54, 1.807) is 0 Å². The Kier molecular flexibility index (Phi) is 7.30. The van der Waals surface area contributed by atoms with Gasteiger partial charge in [-0.1, -0.05) is 135 Å². The zero-order valence-electron chi connectivity index (χ0n) is 33.1. The first-order valence-electron chi connectivity index (χ1n) is 20.4. The minimum atomic E-state index is -0.0597. The molecule has 280 valence electrons. The van der Waals surface area contributed by atoms with Crippen LogP contribution in [0.15, 0.2) is 182 Å². The maximum atomic E-state index is 9.66. The number of nitrogens with zero attached hydrogens (tertiary/aromatic N) is 4. The number of fused-ring (bicyclic) bond motifs is 9. The molecule has 0 aliphatic heterocycles. The van der Waals surface area contributed by atoms with Gasteiger partial charge in [0.05, 0.1) is 33.9 Å². The summed E-state index contributed by atoms with van der Waals surface area (Å²) in [5.74, 6) is 0.595. The summed E-state index contributed by atoms with van der Waals surface area (Å²) in [4.78, 5) is 10.9. The van der Waals surface area contributed by atoms with Crippen molar-refractivity contribution in [3.05, 3.63) is 199 Å². The van der Waals surface area contributed by atoms with E-state index in [0.717, 1.165) is 66.0 Å². The molecular formula is C56H36N4. The van der Waals surface area contributed by atoms with Gasteiger partial charge in [0, 0.05) is 27.1 Å². The normalized spacial score (nSPS) is 12.9. The number of benzene rings is 9. The van der Waals surface area contributed by atoms with Crippen LogP contribution >= 0.6 is 0 Å². The fourth-order valence-electron chi connectivity index (χ4n) is 9.69. The van der Waals surface area contributed by atoms with Crippen molar-refractivity contribution in [2.24, 2.45) is 0 Å². The molecule has 11 aromatic rings. The van der Waals surface area contributed by atoms with Crippen LogP contribution in [0.1, 0.15) is 30.5 Å². The van der Waals surface area contributed by atoms with Gasteiger partial charge < -0.3 is 0 Å². The minimum absolute atomic E-state index is 0.0597. The van der Waals surface area contributed by atoms with E-state index in [4.69, 9.17) is 9.97 Å². The molecule has 0 bridgehead atoms.